The van der Waals surface area contributed by atoms with Gasteiger partial charge in [-0.1, -0.05) is 42.0 Å². The first-order valence-electron chi connectivity index (χ1n) is 7.15. The topological polar surface area (TPSA) is 52.0 Å². The molecule has 0 aliphatic heterocycles. The summed E-state index contributed by atoms with van der Waals surface area (Å²) in [5.74, 6) is 0.865. The quantitative estimate of drug-likeness (QED) is 0.759. The number of hydrogen-bond acceptors (Lipinski definition) is 4. The van der Waals surface area contributed by atoms with Crippen molar-refractivity contribution in [3.63, 3.8) is 0 Å². The molecule has 0 unspecified atom stereocenters. The highest BCUT2D eigenvalue weighted by molar-refractivity contribution is 5.30. The number of nitrogens with one attached hydrogen (secondary N) is 1. The van der Waals surface area contributed by atoms with Gasteiger partial charge in [-0.05, 0) is 30.2 Å². The van der Waals surface area contributed by atoms with Gasteiger partial charge in [-0.2, -0.15) is 0 Å². The SMILES string of the molecule is Cc1cccc(COc2cccc(CNn3cnnc3)c2)c1. The lowest BCUT2D eigenvalue weighted by Gasteiger charge is -2.10. The van der Waals surface area contributed by atoms with Crippen molar-refractivity contribution in [2.75, 3.05) is 5.43 Å². The van der Waals surface area contributed by atoms with Crippen molar-refractivity contribution in [3.05, 3.63) is 77.9 Å². The molecular formula is C17H18N4O. The Morgan fingerprint density at radius 2 is 1.77 bits per heavy atom. The van der Waals surface area contributed by atoms with Gasteiger partial charge in [-0.3, -0.25) is 0 Å². The van der Waals surface area contributed by atoms with Crippen LogP contribution in [0.3, 0.4) is 0 Å². The van der Waals surface area contributed by atoms with E-state index in [0.717, 1.165) is 11.3 Å². The molecular weight excluding hydrogens is 276 g/mol. The highest BCUT2D eigenvalue weighted by Crippen LogP contribution is 2.16. The van der Waals surface area contributed by atoms with Gasteiger partial charge in [0, 0.05) is 0 Å². The zero-order chi connectivity index (χ0) is 15.2. The van der Waals surface area contributed by atoms with Crippen molar-refractivity contribution in [1.82, 2.24) is 14.9 Å². The lowest BCUT2D eigenvalue weighted by molar-refractivity contribution is 0.306. The van der Waals surface area contributed by atoms with Gasteiger partial charge in [0.25, 0.3) is 0 Å². The van der Waals surface area contributed by atoms with Crippen LogP contribution in [-0.2, 0) is 13.2 Å². The smallest absolute Gasteiger partial charge is 0.138 e. The standard InChI is InChI=1S/C17H18N4O/c1-14-4-2-6-16(8-14)11-22-17-7-3-5-15(9-17)10-20-21-12-18-19-13-21/h2-9,12-13,20H,10-11H2,1H3. The van der Waals surface area contributed by atoms with E-state index in [1.807, 2.05) is 24.3 Å². The molecule has 0 aliphatic carbocycles. The van der Waals surface area contributed by atoms with Crippen molar-refractivity contribution < 1.29 is 4.74 Å². The second-order valence-electron chi connectivity index (χ2n) is 5.13. The van der Waals surface area contributed by atoms with Gasteiger partial charge in [0.1, 0.15) is 25.0 Å². The second-order valence-corrected chi connectivity index (χ2v) is 5.13. The minimum absolute atomic E-state index is 0.573. The van der Waals surface area contributed by atoms with E-state index < -0.39 is 0 Å². The van der Waals surface area contributed by atoms with E-state index in [2.05, 4.69) is 46.8 Å². The summed E-state index contributed by atoms with van der Waals surface area (Å²) in [5, 5.41) is 7.50. The van der Waals surface area contributed by atoms with Gasteiger partial charge < -0.3 is 10.2 Å². The molecule has 3 aromatic rings. The third-order valence-corrected chi connectivity index (χ3v) is 3.27. The third kappa shape index (κ3) is 3.85. The fraction of sp³-hybridized carbons (Fsp3) is 0.176. The molecule has 3 rings (SSSR count). The van der Waals surface area contributed by atoms with Gasteiger partial charge in [0.05, 0.1) is 6.54 Å². The van der Waals surface area contributed by atoms with E-state index in [-0.39, 0.29) is 0 Å². The van der Waals surface area contributed by atoms with Crippen LogP contribution in [0.4, 0.5) is 0 Å². The minimum Gasteiger partial charge on any atom is -0.489 e. The fourth-order valence-electron chi connectivity index (χ4n) is 2.18. The van der Waals surface area contributed by atoms with Crippen LogP contribution in [-0.4, -0.2) is 14.9 Å². The van der Waals surface area contributed by atoms with E-state index >= 15 is 0 Å². The number of nitrogens with zero attached hydrogens (tertiary/aromatic N) is 3. The predicted molar refractivity (Wildman–Crippen MR) is 85.0 cm³/mol. The van der Waals surface area contributed by atoms with E-state index in [0.29, 0.717) is 13.2 Å². The molecule has 0 atom stereocenters. The number of aromatic nitrogens is 3. The molecule has 0 bridgehead atoms. The molecule has 2 aromatic carbocycles. The van der Waals surface area contributed by atoms with Gasteiger partial charge in [-0.15, -0.1) is 10.2 Å². The zero-order valence-electron chi connectivity index (χ0n) is 12.4. The first kappa shape index (κ1) is 14.1. The maximum absolute atomic E-state index is 5.87. The zero-order valence-corrected chi connectivity index (χ0v) is 12.4. The Bertz CT molecular complexity index is 725. The summed E-state index contributed by atoms with van der Waals surface area (Å²) in [7, 11) is 0. The van der Waals surface area contributed by atoms with Crippen LogP contribution in [0.5, 0.6) is 5.75 Å². The van der Waals surface area contributed by atoms with Crippen LogP contribution in [0.1, 0.15) is 16.7 Å². The molecule has 112 valence electrons. The average Bonchev–Trinajstić information content (AvgIpc) is 3.05. The number of ether oxygens (including phenoxy) is 1. The monoisotopic (exact) mass is 294 g/mol. The van der Waals surface area contributed by atoms with Crippen LogP contribution >= 0.6 is 0 Å². The predicted octanol–water partition coefficient (Wildman–Crippen LogP) is 2.91. The maximum atomic E-state index is 5.87. The maximum Gasteiger partial charge on any atom is 0.138 e. The second kappa shape index (κ2) is 6.76. The summed E-state index contributed by atoms with van der Waals surface area (Å²) in [4.78, 5) is 0. The third-order valence-electron chi connectivity index (χ3n) is 3.27. The molecule has 0 aliphatic rings. The molecule has 0 amide bonds. The Labute approximate surface area is 129 Å². The molecule has 0 saturated heterocycles. The van der Waals surface area contributed by atoms with Crippen molar-refractivity contribution in [3.8, 4) is 5.75 Å². The highest BCUT2D eigenvalue weighted by Gasteiger charge is 1.99. The van der Waals surface area contributed by atoms with Crippen molar-refractivity contribution in [2.45, 2.75) is 20.1 Å². The molecule has 5 heteroatoms. The molecule has 22 heavy (non-hydrogen) atoms. The summed E-state index contributed by atoms with van der Waals surface area (Å²) < 4.78 is 7.59. The van der Waals surface area contributed by atoms with Gasteiger partial charge in [0.15, 0.2) is 0 Å². The number of rotatable bonds is 6. The van der Waals surface area contributed by atoms with E-state index in [1.54, 1.807) is 17.3 Å². The molecule has 0 radical (unpaired) electrons. The highest BCUT2D eigenvalue weighted by atomic mass is 16.5. The van der Waals surface area contributed by atoms with E-state index in [1.165, 1.54) is 11.1 Å². The Hall–Kier alpha value is -2.82. The van der Waals surface area contributed by atoms with Crippen molar-refractivity contribution in [2.24, 2.45) is 0 Å². The largest absolute Gasteiger partial charge is 0.489 e. The van der Waals surface area contributed by atoms with Gasteiger partial charge in [0.2, 0.25) is 0 Å². The summed E-state index contributed by atoms with van der Waals surface area (Å²) in [6.07, 6.45) is 3.25. The Kier molecular flexibility index (Phi) is 4.34. The summed E-state index contributed by atoms with van der Waals surface area (Å²) in [6, 6.07) is 16.4. The molecule has 1 N–H and O–H groups in total. The Morgan fingerprint density at radius 3 is 2.59 bits per heavy atom. The van der Waals surface area contributed by atoms with Crippen molar-refractivity contribution in [1.29, 1.82) is 0 Å². The first-order chi connectivity index (χ1) is 10.8. The molecule has 5 nitrogen and oxygen atoms in total. The van der Waals surface area contributed by atoms with Crippen LogP contribution in [0, 0.1) is 6.92 Å². The Morgan fingerprint density at radius 1 is 1.00 bits per heavy atom. The molecule has 0 spiro atoms. The van der Waals surface area contributed by atoms with Crippen LogP contribution in [0.2, 0.25) is 0 Å². The normalized spacial score (nSPS) is 10.4. The lowest BCUT2D eigenvalue weighted by atomic mass is 10.1. The fourth-order valence-corrected chi connectivity index (χ4v) is 2.18. The molecule has 1 aromatic heterocycles. The number of aryl methyl sites for hydroxylation is 1. The number of benzene rings is 2. The van der Waals surface area contributed by atoms with Gasteiger partial charge in [-0.25, -0.2) is 4.68 Å². The average molecular weight is 294 g/mol. The molecule has 1 heterocycles. The summed E-state index contributed by atoms with van der Waals surface area (Å²) in [5.41, 5.74) is 6.74. The van der Waals surface area contributed by atoms with Crippen LogP contribution in [0.15, 0.2) is 61.2 Å². The van der Waals surface area contributed by atoms with Crippen LogP contribution < -0.4 is 10.2 Å². The van der Waals surface area contributed by atoms with Gasteiger partial charge >= 0.3 is 0 Å². The summed E-state index contributed by atoms with van der Waals surface area (Å²) >= 11 is 0. The molecule has 0 fully saturated rings. The van der Waals surface area contributed by atoms with E-state index in [4.69, 9.17) is 4.74 Å². The lowest BCUT2D eigenvalue weighted by Crippen LogP contribution is -2.12. The van der Waals surface area contributed by atoms with Crippen LogP contribution in [0.25, 0.3) is 0 Å². The summed E-state index contributed by atoms with van der Waals surface area (Å²) in [6.45, 7) is 3.34. The Balaban J connectivity index is 1.59. The van der Waals surface area contributed by atoms with E-state index in [9.17, 15) is 0 Å². The minimum atomic E-state index is 0.573. The first-order valence-corrected chi connectivity index (χ1v) is 7.15. The number of hydrogen-bond donors (Lipinski definition) is 1. The van der Waals surface area contributed by atoms with Crippen molar-refractivity contribution >= 4 is 0 Å². The molecule has 0 saturated carbocycles.